The van der Waals surface area contributed by atoms with E-state index < -0.39 is 16.9 Å². The molecule has 0 aliphatic carbocycles. The van der Waals surface area contributed by atoms with E-state index in [4.69, 9.17) is 0 Å². The van der Waals surface area contributed by atoms with Crippen LogP contribution in [0.15, 0.2) is 28.2 Å². The first kappa shape index (κ1) is 19.7. The summed E-state index contributed by atoms with van der Waals surface area (Å²) >= 11 is 2.59. The molecule has 0 aliphatic heterocycles. The summed E-state index contributed by atoms with van der Waals surface area (Å²) in [5, 5.41) is 0.446. The van der Waals surface area contributed by atoms with Gasteiger partial charge in [-0.1, -0.05) is 11.8 Å². The summed E-state index contributed by atoms with van der Waals surface area (Å²) in [6, 6.07) is 3.08. The van der Waals surface area contributed by atoms with E-state index in [1.54, 1.807) is 11.5 Å². The molecule has 0 spiro atoms. The highest BCUT2D eigenvalue weighted by Gasteiger charge is 2.22. The van der Waals surface area contributed by atoms with Crippen molar-refractivity contribution in [3.63, 3.8) is 0 Å². The molecule has 1 atom stereocenters. The average Bonchev–Trinajstić information content (AvgIpc) is 2.91. The second-order valence-corrected chi connectivity index (χ2v) is 8.67. The third kappa shape index (κ3) is 3.55. The quantitative estimate of drug-likeness (QED) is 0.348. The minimum atomic E-state index is -1.06. The molecule has 4 nitrogen and oxygen atoms in total. The van der Waals surface area contributed by atoms with E-state index in [2.05, 4.69) is 4.98 Å². The van der Waals surface area contributed by atoms with Crippen molar-refractivity contribution in [2.45, 2.75) is 44.6 Å². The maximum atomic E-state index is 13.4. The SMILES string of the molecule is CCn1c(S[C@@H](C)C(=O)c2ccc(F)c(F)c2)nc2sc(C)c(C)c2c1=O. The van der Waals surface area contributed by atoms with Crippen LogP contribution in [0.3, 0.4) is 0 Å². The van der Waals surface area contributed by atoms with Crippen molar-refractivity contribution in [1.82, 2.24) is 9.55 Å². The van der Waals surface area contributed by atoms with Crippen LogP contribution in [0.5, 0.6) is 0 Å². The highest BCUT2D eigenvalue weighted by atomic mass is 32.2. The van der Waals surface area contributed by atoms with Crippen LogP contribution < -0.4 is 5.56 Å². The van der Waals surface area contributed by atoms with Gasteiger partial charge in [0.25, 0.3) is 5.56 Å². The minimum absolute atomic E-state index is 0.0863. The Balaban J connectivity index is 1.99. The minimum Gasteiger partial charge on any atom is -0.293 e. The van der Waals surface area contributed by atoms with Gasteiger partial charge in [0.05, 0.1) is 10.6 Å². The molecule has 2 heterocycles. The molecule has 0 unspecified atom stereocenters. The molecule has 2 aromatic heterocycles. The molecule has 27 heavy (non-hydrogen) atoms. The first-order valence-electron chi connectivity index (χ1n) is 8.41. The number of aromatic nitrogens is 2. The summed E-state index contributed by atoms with van der Waals surface area (Å²) in [4.78, 5) is 31.7. The van der Waals surface area contributed by atoms with Crippen LogP contribution in [-0.4, -0.2) is 20.6 Å². The fourth-order valence-electron chi connectivity index (χ4n) is 2.77. The standard InChI is InChI=1S/C19H18F2N2O2S2/c1-5-23-18(25)15-9(2)10(3)26-17(15)22-19(23)27-11(4)16(24)12-6-7-13(20)14(21)8-12/h6-8,11H,5H2,1-4H3/t11-/m0/s1. The summed E-state index contributed by atoms with van der Waals surface area (Å²) in [6.07, 6.45) is 0. The third-order valence-electron chi connectivity index (χ3n) is 4.43. The maximum absolute atomic E-state index is 13.4. The number of halogens is 2. The Labute approximate surface area is 163 Å². The van der Waals surface area contributed by atoms with Crippen LogP contribution >= 0.6 is 23.1 Å². The van der Waals surface area contributed by atoms with E-state index in [9.17, 15) is 18.4 Å². The Morgan fingerprint density at radius 3 is 2.63 bits per heavy atom. The van der Waals surface area contributed by atoms with Gasteiger partial charge in [-0.3, -0.25) is 14.2 Å². The number of fused-ring (bicyclic) bond motifs is 1. The lowest BCUT2D eigenvalue weighted by Gasteiger charge is -2.14. The molecule has 3 rings (SSSR count). The van der Waals surface area contributed by atoms with Gasteiger partial charge in [-0.25, -0.2) is 13.8 Å². The molecule has 0 bridgehead atoms. The van der Waals surface area contributed by atoms with Crippen molar-refractivity contribution in [2.24, 2.45) is 0 Å². The van der Waals surface area contributed by atoms with E-state index in [-0.39, 0.29) is 16.9 Å². The topological polar surface area (TPSA) is 52.0 Å². The molecule has 0 fully saturated rings. The number of aryl methyl sites for hydroxylation is 2. The lowest BCUT2D eigenvalue weighted by Crippen LogP contribution is -2.24. The largest absolute Gasteiger partial charge is 0.293 e. The predicted molar refractivity (Wildman–Crippen MR) is 105 cm³/mol. The summed E-state index contributed by atoms with van der Waals surface area (Å²) in [6.45, 7) is 7.77. The Morgan fingerprint density at radius 1 is 1.30 bits per heavy atom. The smallest absolute Gasteiger partial charge is 0.263 e. The van der Waals surface area contributed by atoms with Crippen molar-refractivity contribution in [3.05, 3.63) is 56.2 Å². The Hall–Kier alpha value is -2.06. The number of hydrogen-bond donors (Lipinski definition) is 0. The van der Waals surface area contributed by atoms with Gasteiger partial charge in [0.1, 0.15) is 4.83 Å². The highest BCUT2D eigenvalue weighted by Crippen LogP contribution is 2.30. The molecule has 0 saturated heterocycles. The Morgan fingerprint density at radius 2 is 2.00 bits per heavy atom. The summed E-state index contributed by atoms with van der Waals surface area (Å²) < 4.78 is 28.1. The molecule has 0 N–H and O–H groups in total. The van der Waals surface area contributed by atoms with E-state index >= 15 is 0 Å². The molecule has 8 heteroatoms. The molecule has 0 aliphatic rings. The van der Waals surface area contributed by atoms with Gasteiger partial charge in [-0.15, -0.1) is 11.3 Å². The summed E-state index contributed by atoms with van der Waals surface area (Å²) in [5.74, 6) is -2.41. The van der Waals surface area contributed by atoms with Gasteiger partial charge in [0.2, 0.25) is 0 Å². The lowest BCUT2D eigenvalue weighted by molar-refractivity contribution is 0.0993. The number of benzene rings is 1. The van der Waals surface area contributed by atoms with Gasteiger partial charge in [0.15, 0.2) is 22.6 Å². The predicted octanol–water partition coefficient (Wildman–Crippen LogP) is 4.74. The zero-order chi connectivity index (χ0) is 19.9. The number of thiophene rings is 1. The van der Waals surface area contributed by atoms with Crippen molar-refractivity contribution >= 4 is 39.1 Å². The monoisotopic (exact) mass is 408 g/mol. The molecular formula is C19H18F2N2O2S2. The number of carbonyl (C=O) groups excluding carboxylic acids is 1. The van der Waals surface area contributed by atoms with Crippen LogP contribution in [0.1, 0.15) is 34.6 Å². The average molecular weight is 408 g/mol. The van der Waals surface area contributed by atoms with Crippen LogP contribution in [0, 0.1) is 25.5 Å². The van der Waals surface area contributed by atoms with Crippen molar-refractivity contribution in [2.75, 3.05) is 0 Å². The van der Waals surface area contributed by atoms with Gasteiger partial charge in [-0.05, 0) is 51.5 Å². The lowest BCUT2D eigenvalue weighted by atomic mass is 10.1. The molecule has 0 saturated carbocycles. The van der Waals surface area contributed by atoms with E-state index in [1.165, 1.54) is 17.4 Å². The van der Waals surface area contributed by atoms with E-state index in [1.807, 2.05) is 20.8 Å². The van der Waals surface area contributed by atoms with E-state index in [0.717, 1.165) is 34.3 Å². The summed E-state index contributed by atoms with van der Waals surface area (Å²) in [5.41, 5.74) is 0.889. The first-order valence-corrected chi connectivity index (χ1v) is 10.1. The number of rotatable bonds is 5. The number of thioether (sulfide) groups is 1. The maximum Gasteiger partial charge on any atom is 0.263 e. The second-order valence-electron chi connectivity index (χ2n) is 6.16. The molecular weight excluding hydrogens is 390 g/mol. The van der Waals surface area contributed by atoms with Crippen LogP contribution in [0.25, 0.3) is 10.2 Å². The molecule has 0 radical (unpaired) electrons. The van der Waals surface area contributed by atoms with Crippen molar-refractivity contribution < 1.29 is 13.6 Å². The molecule has 0 amide bonds. The second kappa shape index (κ2) is 7.52. The number of nitrogens with zero attached hydrogens (tertiary/aromatic N) is 2. The molecule has 3 aromatic rings. The summed E-state index contributed by atoms with van der Waals surface area (Å²) in [7, 11) is 0. The molecule has 1 aromatic carbocycles. The number of hydrogen-bond acceptors (Lipinski definition) is 5. The van der Waals surface area contributed by atoms with Crippen molar-refractivity contribution in [3.8, 4) is 0 Å². The number of Topliss-reactive ketones (excluding diaryl/α,β-unsaturated/α-hetero) is 1. The van der Waals surface area contributed by atoms with Gasteiger partial charge in [0, 0.05) is 17.0 Å². The number of carbonyl (C=O) groups is 1. The van der Waals surface area contributed by atoms with Crippen LogP contribution in [0.4, 0.5) is 8.78 Å². The van der Waals surface area contributed by atoms with Gasteiger partial charge >= 0.3 is 0 Å². The Kier molecular flexibility index (Phi) is 5.48. The van der Waals surface area contributed by atoms with E-state index in [0.29, 0.717) is 21.9 Å². The normalized spacial score (nSPS) is 12.5. The van der Waals surface area contributed by atoms with Crippen LogP contribution in [0.2, 0.25) is 0 Å². The zero-order valence-electron chi connectivity index (χ0n) is 15.3. The van der Waals surface area contributed by atoms with Gasteiger partial charge < -0.3 is 0 Å². The fraction of sp³-hybridized carbons (Fsp3) is 0.316. The first-order chi connectivity index (χ1) is 12.7. The van der Waals surface area contributed by atoms with Gasteiger partial charge in [-0.2, -0.15) is 0 Å². The van der Waals surface area contributed by atoms with Crippen LogP contribution in [-0.2, 0) is 6.54 Å². The highest BCUT2D eigenvalue weighted by molar-refractivity contribution is 8.00. The fourth-order valence-corrected chi connectivity index (χ4v) is 4.89. The zero-order valence-corrected chi connectivity index (χ0v) is 16.9. The van der Waals surface area contributed by atoms with Crippen molar-refractivity contribution in [1.29, 1.82) is 0 Å². The molecule has 142 valence electrons. The Bertz CT molecular complexity index is 1110. The number of ketones is 1. The third-order valence-corrected chi connectivity index (χ3v) is 6.62.